The average Bonchev–Trinajstić information content (AvgIpc) is 2.67. The Morgan fingerprint density at radius 1 is 1.71 bits per heavy atom. The minimum absolute atomic E-state index is 0.0955. The molecule has 4 heteroatoms. The lowest BCUT2D eigenvalue weighted by atomic mass is 10.2. The van der Waals surface area contributed by atoms with E-state index in [2.05, 4.69) is 5.32 Å². The Hall–Kier alpha value is -1.29. The first-order chi connectivity index (χ1) is 6.74. The Morgan fingerprint density at radius 3 is 3.07 bits per heavy atom. The van der Waals surface area contributed by atoms with Crippen molar-refractivity contribution in [3.63, 3.8) is 0 Å². The monoisotopic (exact) mass is 197 g/mol. The van der Waals surface area contributed by atoms with Crippen LogP contribution in [0.4, 0.5) is 0 Å². The molecule has 0 aliphatic rings. The van der Waals surface area contributed by atoms with E-state index >= 15 is 0 Å². The van der Waals surface area contributed by atoms with Gasteiger partial charge in [0.05, 0.1) is 25.7 Å². The van der Waals surface area contributed by atoms with Gasteiger partial charge in [-0.3, -0.25) is 4.79 Å². The summed E-state index contributed by atoms with van der Waals surface area (Å²) in [4.78, 5) is 11.0. The van der Waals surface area contributed by atoms with Gasteiger partial charge < -0.3 is 14.5 Å². The van der Waals surface area contributed by atoms with Crippen LogP contribution >= 0.6 is 0 Å². The smallest absolute Gasteiger partial charge is 0.319 e. The molecule has 14 heavy (non-hydrogen) atoms. The van der Waals surface area contributed by atoms with Gasteiger partial charge in [-0.15, -0.1) is 0 Å². The summed E-state index contributed by atoms with van der Waals surface area (Å²) < 4.78 is 9.72. The highest BCUT2D eigenvalue weighted by Crippen LogP contribution is 2.11. The lowest BCUT2D eigenvalue weighted by Crippen LogP contribution is -2.27. The zero-order valence-electron chi connectivity index (χ0n) is 8.45. The second kappa shape index (κ2) is 5.44. The van der Waals surface area contributed by atoms with Gasteiger partial charge in [0.2, 0.25) is 0 Å². The molecular formula is C10H15NO3. The van der Waals surface area contributed by atoms with Crippen LogP contribution in [0.2, 0.25) is 0 Å². The molecule has 0 aliphatic carbocycles. The molecule has 1 rings (SSSR count). The Balaban J connectivity index is 2.28. The highest BCUT2D eigenvalue weighted by atomic mass is 16.5. The largest absolute Gasteiger partial charge is 0.472 e. The molecule has 0 bridgehead atoms. The Kier molecular flexibility index (Phi) is 4.19. The Morgan fingerprint density at radius 2 is 2.50 bits per heavy atom. The molecule has 0 saturated carbocycles. The van der Waals surface area contributed by atoms with Crippen molar-refractivity contribution in [3.8, 4) is 0 Å². The lowest BCUT2D eigenvalue weighted by molar-refractivity contribution is -0.142. The summed E-state index contributed by atoms with van der Waals surface area (Å²) in [5.74, 6) is -0.233. The molecule has 4 nitrogen and oxygen atoms in total. The van der Waals surface area contributed by atoms with Gasteiger partial charge in [0.1, 0.15) is 0 Å². The third kappa shape index (κ3) is 3.22. The molecule has 0 amide bonds. The fourth-order valence-electron chi connectivity index (χ4n) is 1.09. The fraction of sp³-hybridized carbons (Fsp3) is 0.500. The summed E-state index contributed by atoms with van der Waals surface area (Å²) in [6.07, 6.45) is 3.26. The van der Waals surface area contributed by atoms with Crippen molar-refractivity contribution in [2.45, 2.75) is 19.9 Å². The van der Waals surface area contributed by atoms with E-state index in [0.29, 0.717) is 6.61 Å². The predicted molar refractivity (Wildman–Crippen MR) is 51.8 cm³/mol. The fourth-order valence-corrected chi connectivity index (χ4v) is 1.09. The zero-order valence-corrected chi connectivity index (χ0v) is 8.45. The number of nitrogens with one attached hydrogen (secondary N) is 1. The van der Waals surface area contributed by atoms with Crippen molar-refractivity contribution in [2.24, 2.45) is 0 Å². The minimum atomic E-state index is -0.233. The summed E-state index contributed by atoms with van der Waals surface area (Å²) in [7, 11) is 0. The highest BCUT2D eigenvalue weighted by molar-refractivity contribution is 5.71. The van der Waals surface area contributed by atoms with Crippen LogP contribution in [-0.4, -0.2) is 19.1 Å². The van der Waals surface area contributed by atoms with Gasteiger partial charge in [0, 0.05) is 11.6 Å². The van der Waals surface area contributed by atoms with Crippen LogP contribution in [-0.2, 0) is 9.53 Å². The van der Waals surface area contributed by atoms with Gasteiger partial charge in [-0.2, -0.15) is 0 Å². The van der Waals surface area contributed by atoms with E-state index in [1.807, 2.05) is 13.0 Å². The number of esters is 1. The molecule has 0 fully saturated rings. The van der Waals surface area contributed by atoms with Gasteiger partial charge in [0.25, 0.3) is 0 Å². The van der Waals surface area contributed by atoms with E-state index in [1.54, 1.807) is 19.5 Å². The molecular weight excluding hydrogens is 182 g/mol. The standard InChI is InChI=1S/C10H15NO3/c1-3-14-10(12)6-11-8(2)9-4-5-13-7-9/h4-5,7-8,11H,3,6H2,1-2H3. The van der Waals surface area contributed by atoms with Gasteiger partial charge in [-0.1, -0.05) is 0 Å². The van der Waals surface area contributed by atoms with Crippen molar-refractivity contribution in [1.29, 1.82) is 0 Å². The van der Waals surface area contributed by atoms with Gasteiger partial charge in [0.15, 0.2) is 0 Å². The molecule has 0 spiro atoms. The van der Waals surface area contributed by atoms with Crippen LogP contribution in [0, 0.1) is 0 Å². The maximum absolute atomic E-state index is 11.0. The number of rotatable bonds is 5. The average molecular weight is 197 g/mol. The lowest BCUT2D eigenvalue weighted by Gasteiger charge is -2.10. The highest BCUT2D eigenvalue weighted by Gasteiger charge is 2.08. The first-order valence-corrected chi connectivity index (χ1v) is 4.65. The number of hydrogen-bond acceptors (Lipinski definition) is 4. The number of ether oxygens (including phenoxy) is 1. The number of carbonyl (C=O) groups is 1. The maximum Gasteiger partial charge on any atom is 0.319 e. The molecule has 1 aromatic rings. The second-order valence-corrected chi connectivity index (χ2v) is 2.96. The van der Waals surface area contributed by atoms with Gasteiger partial charge in [-0.05, 0) is 19.9 Å². The van der Waals surface area contributed by atoms with E-state index in [9.17, 15) is 4.79 Å². The van der Waals surface area contributed by atoms with Gasteiger partial charge in [-0.25, -0.2) is 0 Å². The molecule has 1 unspecified atom stereocenters. The van der Waals surface area contributed by atoms with E-state index in [0.717, 1.165) is 5.56 Å². The van der Waals surface area contributed by atoms with Crippen molar-refractivity contribution in [2.75, 3.05) is 13.2 Å². The molecule has 0 aliphatic heterocycles. The Bertz CT molecular complexity index is 269. The van der Waals surface area contributed by atoms with Crippen molar-refractivity contribution in [1.82, 2.24) is 5.32 Å². The van der Waals surface area contributed by atoms with E-state index < -0.39 is 0 Å². The molecule has 78 valence electrons. The molecule has 0 saturated heterocycles. The van der Waals surface area contributed by atoms with Crippen LogP contribution in [0.1, 0.15) is 25.5 Å². The summed E-state index contributed by atoms with van der Waals surface area (Å²) >= 11 is 0. The summed E-state index contributed by atoms with van der Waals surface area (Å²) in [5, 5.41) is 3.04. The third-order valence-electron chi connectivity index (χ3n) is 1.90. The second-order valence-electron chi connectivity index (χ2n) is 2.96. The molecule has 0 radical (unpaired) electrons. The quantitative estimate of drug-likeness (QED) is 0.727. The van der Waals surface area contributed by atoms with Gasteiger partial charge >= 0.3 is 5.97 Å². The summed E-state index contributed by atoms with van der Waals surface area (Å²) in [5.41, 5.74) is 1.02. The van der Waals surface area contributed by atoms with Crippen molar-refractivity contribution in [3.05, 3.63) is 24.2 Å². The number of carbonyl (C=O) groups excluding carboxylic acids is 1. The first-order valence-electron chi connectivity index (χ1n) is 4.65. The minimum Gasteiger partial charge on any atom is -0.472 e. The Labute approximate surface area is 83.2 Å². The van der Waals surface area contributed by atoms with E-state index in [-0.39, 0.29) is 18.6 Å². The maximum atomic E-state index is 11.0. The molecule has 1 N–H and O–H groups in total. The SMILES string of the molecule is CCOC(=O)CNC(C)c1ccoc1. The van der Waals surface area contributed by atoms with E-state index in [4.69, 9.17) is 9.15 Å². The van der Waals surface area contributed by atoms with Crippen LogP contribution in [0.3, 0.4) is 0 Å². The van der Waals surface area contributed by atoms with Crippen LogP contribution < -0.4 is 5.32 Å². The zero-order chi connectivity index (χ0) is 10.4. The van der Waals surface area contributed by atoms with Crippen LogP contribution in [0.15, 0.2) is 23.0 Å². The van der Waals surface area contributed by atoms with Crippen molar-refractivity contribution < 1.29 is 13.9 Å². The van der Waals surface area contributed by atoms with Crippen LogP contribution in [0.5, 0.6) is 0 Å². The summed E-state index contributed by atoms with van der Waals surface area (Å²) in [6.45, 7) is 4.39. The molecule has 0 aromatic carbocycles. The molecule has 1 atom stereocenters. The number of hydrogen-bond donors (Lipinski definition) is 1. The van der Waals surface area contributed by atoms with Crippen LogP contribution in [0.25, 0.3) is 0 Å². The predicted octanol–water partition coefficient (Wildman–Crippen LogP) is 1.49. The first kappa shape index (κ1) is 10.8. The van der Waals surface area contributed by atoms with E-state index in [1.165, 1.54) is 0 Å². The topological polar surface area (TPSA) is 51.5 Å². The normalized spacial score (nSPS) is 12.4. The summed E-state index contributed by atoms with van der Waals surface area (Å²) in [6, 6.07) is 1.96. The van der Waals surface area contributed by atoms with Crippen molar-refractivity contribution >= 4 is 5.97 Å². The molecule has 1 aromatic heterocycles. The number of furan rings is 1. The third-order valence-corrected chi connectivity index (χ3v) is 1.90. The molecule has 1 heterocycles.